The van der Waals surface area contributed by atoms with Crippen LogP contribution < -0.4 is 4.74 Å². The topological polar surface area (TPSA) is 49.9 Å². The Labute approximate surface area is 122 Å². The van der Waals surface area contributed by atoms with Crippen LogP contribution in [0.3, 0.4) is 0 Å². The maximum Gasteiger partial charge on any atom is 0.327 e. The summed E-state index contributed by atoms with van der Waals surface area (Å²) in [6.45, 7) is 2.47. The average Bonchev–Trinajstić information content (AvgIpc) is 2.98. The van der Waals surface area contributed by atoms with Crippen molar-refractivity contribution in [1.29, 1.82) is 0 Å². The van der Waals surface area contributed by atoms with E-state index in [0.717, 1.165) is 11.1 Å². The number of benzene rings is 1. The van der Waals surface area contributed by atoms with Crippen LogP contribution in [0.1, 0.15) is 30.5 Å². The Kier molecular flexibility index (Phi) is 3.31. The van der Waals surface area contributed by atoms with Gasteiger partial charge in [0.05, 0.1) is 13.2 Å². The summed E-state index contributed by atoms with van der Waals surface area (Å²) < 4.78 is 18.7. The molecule has 1 aromatic rings. The molecule has 1 aliphatic carbocycles. The SMILES string of the molecule is CCN1CC(=O)N(C2CCc3cc(F)c(OC)cc32)C1=O. The summed E-state index contributed by atoms with van der Waals surface area (Å²) in [7, 11) is 1.40. The maximum atomic E-state index is 13.7. The molecule has 1 saturated heterocycles. The Balaban J connectivity index is 1.97. The number of likely N-dealkylation sites (N-methyl/N-ethyl adjacent to an activating group) is 1. The maximum absolute atomic E-state index is 13.7. The van der Waals surface area contributed by atoms with Crippen LogP contribution in [0.4, 0.5) is 9.18 Å². The van der Waals surface area contributed by atoms with Gasteiger partial charge in [-0.1, -0.05) is 0 Å². The van der Waals surface area contributed by atoms with Crippen molar-refractivity contribution in [2.75, 3.05) is 20.2 Å². The molecule has 0 bridgehead atoms. The zero-order chi connectivity index (χ0) is 15.1. The van der Waals surface area contributed by atoms with Crippen molar-refractivity contribution >= 4 is 11.9 Å². The van der Waals surface area contributed by atoms with Crippen LogP contribution in [0.15, 0.2) is 12.1 Å². The van der Waals surface area contributed by atoms with E-state index in [9.17, 15) is 14.0 Å². The monoisotopic (exact) mass is 292 g/mol. The molecule has 0 N–H and O–H groups in total. The lowest BCUT2D eigenvalue weighted by Gasteiger charge is -2.23. The predicted octanol–water partition coefficient (Wildman–Crippen LogP) is 2.11. The number of amides is 3. The molecule has 5 nitrogen and oxygen atoms in total. The van der Waals surface area contributed by atoms with E-state index in [0.29, 0.717) is 19.4 Å². The second-order valence-corrected chi connectivity index (χ2v) is 5.30. The van der Waals surface area contributed by atoms with Gasteiger partial charge in [-0.3, -0.25) is 9.69 Å². The number of ether oxygens (including phenoxy) is 1. The molecular formula is C15H17FN2O3. The van der Waals surface area contributed by atoms with Gasteiger partial charge in [0.1, 0.15) is 6.54 Å². The summed E-state index contributed by atoms with van der Waals surface area (Å²) in [5.74, 6) is -0.457. The Morgan fingerprint density at radius 1 is 1.38 bits per heavy atom. The van der Waals surface area contributed by atoms with E-state index in [4.69, 9.17) is 4.74 Å². The van der Waals surface area contributed by atoms with Crippen LogP contribution in [-0.4, -0.2) is 41.9 Å². The minimum absolute atomic E-state index is 0.125. The first-order chi connectivity index (χ1) is 10.1. The van der Waals surface area contributed by atoms with Gasteiger partial charge in [0.15, 0.2) is 11.6 Å². The first-order valence-corrected chi connectivity index (χ1v) is 7.04. The minimum atomic E-state index is -0.411. The molecule has 0 spiro atoms. The number of hydrogen-bond donors (Lipinski definition) is 0. The molecule has 3 rings (SSSR count). The number of urea groups is 1. The third kappa shape index (κ3) is 2.05. The van der Waals surface area contributed by atoms with Crippen molar-refractivity contribution in [3.63, 3.8) is 0 Å². The Morgan fingerprint density at radius 3 is 2.76 bits per heavy atom. The highest BCUT2D eigenvalue weighted by molar-refractivity contribution is 6.02. The van der Waals surface area contributed by atoms with Gasteiger partial charge in [0, 0.05) is 6.54 Å². The molecule has 6 heteroatoms. The van der Waals surface area contributed by atoms with E-state index >= 15 is 0 Å². The van der Waals surface area contributed by atoms with Crippen molar-refractivity contribution in [3.05, 3.63) is 29.1 Å². The molecule has 1 unspecified atom stereocenters. The number of fused-ring (bicyclic) bond motifs is 1. The second-order valence-electron chi connectivity index (χ2n) is 5.30. The van der Waals surface area contributed by atoms with Crippen molar-refractivity contribution in [2.45, 2.75) is 25.8 Å². The van der Waals surface area contributed by atoms with E-state index in [-0.39, 0.29) is 30.3 Å². The van der Waals surface area contributed by atoms with E-state index in [1.807, 2.05) is 6.92 Å². The van der Waals surface area contributed by atoms with Gasteiger partial charge in [0.2, 0.25) is 0 Å². The lowest BCUT2D eigenvalue weighted by Crippen LogP contribution is -2.35. The zero-order valence-corrected chi connectivity index (χ0v) is 12.1. The molecular weight excluding hydrogens is 275 g/mol. The van der Waals surface area contributed by atoms with Gasteiger partial charge < -0.3 is 9.64 Å². The number of imide groups is 1. The van der Waals surface area contributed by atoms with Gasteiger partial charge in [0.25, 0.3) is 5.91 Å². The van der Waals surface area contributed by atoms with Crippen molar-refractivity contribution < 1.29 is 18.7 Å². The summed E-state index contributed by atoms with van der Waals surface area (Å²) in [5, 5.41) is 0. The van der Waals surface area contributed by atoms with Gasteiger partial charge in [-0.05, 0) is 43.0 Å². The Morgan fingerprint density at radius 2 is 2.14 bits per heavy atom. The highest BCUT2D eigenvalue weighted by atomic mass is 19.1. The van der Waals surface area contributed by atoms with Gasteiger partial charge >= 0.3 is 6.03 Å². The van der Waals surface area contributed by atoms with Crippen molar-refractivity contribution in [2.24, 2.45) is 0 Å². The molecule has 112 valence electrons. The first-order valence-electron chi connectivity index (χ1n) is 7.04. The molecule has 2 aliphatic rings. The van der Waals surface area contributed by atoms with Crippen LogP contribution in [0.2, 0.25) is 0 Å². The summed E-state index contributed by atoms with van der Waals surface area (Å²) in [6, 6.07) is 2.48. The summed E-state index contributed by atoms with van der Waals surface area (Å²) in [5.41, 5.74) is 1.65. The molecule has 3 amide bonds. The number of carbonyl (C=O) groups excluding carboxylic acids is 2. The predicted molar refractivity (Wildman–Crippen MR) is 73.5 cm³/mol. The lowest BCUT2D eigenvalue weighted by atomic mass is 10.1. The average molecular weight is 292 g/mol. The first kappa shape index (κ1) is 13.9. The summed E-state index contributed by atoms with van der Waals surface area (Å²) in [4.78, 5) is 27.2. The fraction of sp³-hybridized carbons (Fsp3) is 0.467. The third-order valence-corrected chi connectivity index (χ3v) is 4.22. The minimum Gasteiger partial charge on any atom is -0.494 e. The number of carbonyl (C=O) groups is 2. The van der Waals surface area contributed by atoms with E-state index in [1.54, 1.807) is 6.07 Å². The lowest BCUT2D eigenvalue weighted by molar-refractivity contribution is -0.127. The van der Waals surface area contributed by atoms with Crippen molar-refractivity contribution in [3.8, 4) is 5.75 Å². The van der Waals surface area contributed by atoms with Crippen LogP contribution in [-0.2, 0) is 11.2 Å². The molecule has 1 aliphatic heterocycles. The van der Waals surface area contributed by atoms with Gasteiger partial charge in [-0.25, -0.2) is 9.18 Å². The third-order valence-electron chi connectivity index (χ3n) is 4.22. The highest BCUT2D eigenvalue weighted by Crippen LogP contribution is 2.40. The Bertz CT molecular complexity index is 617. The summed E-state index contributed by atoms with van der Waals surface area (Å²) in [6.07, 6.45) is 1.29. The second kappa shape index (κ2) is 5.02. The molecule has 1 fully saturated rings. The fourth-order valence-corrected chi connectivity index (χ4v) is 3.13. The summed E-state index contributed by atoms with van der Waals surface area (Å²) >= 11 is 0. The number of rotatable bonds is 3. The van der Waals surface area contributed by atoms with Gasteiger partial charge in [-0.15, -0.1) is 0 Å². The molecule has 1 aromatic carbocycles. The molecule has 0 radical (unpaired) electrons. The number of halogens is 1. The normalized spacial score (nSPS) is 21.2. The van der Waals surface area contributed by atoms with E-state index < -0.39 is 5.82 Å². The zero-order valence-electron chi connectivity index (χ0n) is 12.1. The largest absolute Gasteiger partial charge is 0.494 e. The van der Waals surface area contributed by atoms with Crippen LogP contribution in [0.25, 0.3) is 0 Å². The molecule has 1 heterocycles. The van der Waals surface area contributed by atoms with E-state index in [1.165, 1.54) is 23.0 Å². The molecule has 1 atom stereocenters. The molecule has 0 aromatic heterocycles. The van der Waals surface area contributed by atoms with Crippen LogP contribution >= 0.6 is 0 Å². The Hall–Kier alpha value is -2.11. The van der Waals surface area contributed by atoms with Crippen molar-refractivity contribution in [1.82, 2.24) is 9.80 Å². The highest BCUT2D eigenvalue weighted by Gasteiger charge is 2.42. The van der Waals surface area contributed by atoms with E-state index in [2.05, 4.69) is 0 Å². The molecule has 21 heavy (non-hydrogen) atoms. The quantitative estimate of drug-likeness (QED) is 0.802. The number of nitrogens with zero attached hydrogens (tertiary/aromatic N) is 2. The smallest absolute Gasteiger partial charge is 0.327 e. The number of hydrogen-bond acceptors (Lipinski definition) is 3. The van der Waals surface area contributed by atoms with Gasteiger partial charge in [-0.2, -0.15) is 0 Å². The molecule has 0 saturated carbocycles. The standard InChI is InChI=1S/C15H17FN2O3/c1-3-17-8-14(19)18(15(17)20)12-5-4-9-6-11(16)13(21-2)7-10(9)12/h6-7,12H,3-5,8H2,1-2H3. The van der Waals surface area contributed by atoms with Crippen LogP contribution in [0.5, 0.6) is 5.75 Å². The fourth-order valence-electron chi connectivity index (χ4n) is 3.13. The van der Waals surface area contributed by atoms with Crippen LogP contribution in [0, 0.1) is 5.82 Å². The number of methoxy groups -OCH3 is 1. The number of aryl methyl sites for hydroxylation is 1.